The number of nitrogens with zero attached hydrogens (tertiary/aromatic N) is 1. The molecule has 0 saturated carbocycles. The molecule has 0 amide bonds. The Morgan fingerprint density at radius 1 is 1.11 bits per heavy atom. The highest BCUT2D eigenvalue weighted by molar-refractivity contribution is 8.15. The summed E-state index contributed by atoms with van der Waals surface area (Å²) >= 11 is 6.37. The van der Waals surface area contributed by atoms with E-state index in [-0.39, 0.29) is 21.4 Å². The summed E-state index contributed by atoms with van der Waals surface area (Å²) in [5, 5.41) is 9.24. The maximum atomic E-state index is 12.8. The van der Waals surface area contributed by atoms with Crippen LogP contribution in [0.15, 0.2) is 71.6 Å². The van der Waals surface area contributed by atoms with Crippen LogP contribution in [0, 0.1) is 10.1 Å². The molecule has 0 aliphatic heterocycles. The fourth-order valence-corrected chi connectivity index (χ4v) is 5.41. The number of rotatable bonds is 8. The van der Waals surface area contributed by atoms with E-state index in [0.717, 1.165) is 30.3 Å². The van der Waals surface area contributed by atoms with Crippen LogP contribution in [0.5, 0.6) is 11.5 Å². The van der Waals surface area contributed by atoms with Crippen LogP contribution in [0.4, 0.5) is 18.9 Å². The Labute approximate surface area is 212 Å². The zero-order valence-corrected chi connectivity index (χ0v) is 20.5. The Morgan fingerprint density at radius 2 is 1.78 bits per heavy atom. The summed E-state index contributed by atoms with van der Waals surface area (Å²) in [7, 11) is -3.96. The Bertz CT molecular complexity index is 1400. The van der Waals surface area contributed by atoms with Gasteiger partial charge in [-0.3, -0.25) is 14.9 Å². The first-order valence-electron chi connectivity index (χ1n) is 9.89. The van der Waals surface area contributed by atoms with E-state index in [9.17, 15) is 36.5 Å². The number of carbonyl (C=O) groups is 1. The average molecular weight is 561 g/mol. The van der Waals surface area contributed by atoms with Gasteiger partial charge < -0.3 is 4.74 Å². The molecule has 0 fully saturated rings. The number of hydrogen-bond donors (Lipinski definition) is 1. The number of benzene rings is 3. The number of carbonyl (C=O) groups excluding carboxylic acids is 1. The third-order valence-corrected chi connectivity index (χ3v) is 7.44. The Morgan fingerprint density at radius 3 is 2.36 bits per heavy atom. The molecule has 0 aromatic heterocycles. The second-order valence-electron chi connectivity index (χ2n) is 7.16. The zero-order valence-electron chi connectivity index (χ0n) is 18.2. The maximum Gasteiger partial charge on any atom is 0.416 e. The highest BCUT2D eigenvalue weighted by Gasteiger charge is 2.31. The van der Waals surface area contributed by atoms with Gasteiger partial charge in [0.05, 0.1) is 25.8 Å². The molecule has 1 atom stereocenters. The highest BCUT2D eigenvalue weighted by Crippen LogP contribution is 2.37. The van der Waals surface area contributed by atoms with Crippen molar-refractivity contribution in [1.82, 2.24) is 4.72 Å². The van der Waals surface area contributed by atoms with Crippen molar-refractivity contribution in [3.05, 3.63) is 93.0 Å². The monoisotopic (exact) mass is 560 g/mol. The van der Waals surface area contributed by atoms with Gasteiger partial charge in [-0.2, -0.15) is 17.9 Å². The van der Waals surface area contributed by atoms with Crippen LogP contribution in [0.25, 0.3) is 0 Å². The maximum absolute atomic E-state index is 12.8. The van der Waals surface area contributed by atoms with Crippen LogP contribution in [-0.2, 0) is 16.2 Å². The summed E-state index contributed by atoms with van der Waals surface area (Å²) in [5.41, 5.74) is -1.98. The second-order valence-corrected chi connectivity index (χ2v) is 10.6. The molecule has 3 rings (SSSR count). The number of nitro benzene ring substituents is 1. The zero-order chi connectivity index (χ0) is 26.7. The molecule has 36 heavy (non-hydrogen) atoms. The van der Waals surface area contributed by atoms with Crippen molar-refractivity contribution in [3.63, 3.8) is 0 Å². The van der Waals surface area contributed by atoms with Gasteiger partial charge in [-0.25, -0.2) is 8.42 Å². The third kappa shape index (κ3) is 6.75. The van der Waals surface area contributed by atoms with Crippen molar-refractivity contribution >= 4 is 44.2 Å². The smallest absolute Gasteiger partial charge is 0.416 e. The van der Waals surface area contributed by atoms with E-state index in [1.165, 1.54) is 31.2 Å². The van der Waals surface area contributed by atoms with Crippen molar-refractivity contribution < 1.29 is 36.0 Å². The first-order chi connectivity index (χ1) is 16.8. The molecule has 3 aromatic rings. The van der Waals surface area contributed by atoms with Crippen LogP contribution in [-0.4, -0.2) is 23.8 Å². The van der Waals surface area contributed by atoms with Gasteiger partial charge in [-0.05, 0) is 49.4 Å². The highest BCUT2D eigenvalue weighted by atomic mass is 35.5. The van der Waals surface area contributed by atoms with Gasteiger partial charge in [0.2, 0.25) is 15.1 Å². The minimum Gasteiger partial charge on any atom is -0.456 e. The Hall–Kier alpha value is -3.13. The molecule has 1 N–H and O–H groups in total. The summed E-state index contributed by atoms with van der Waals surface area (Å²) in [5.74, 6) is -0.280. The lowest BCUT2D eigenvalue weighted by Gasteiger charge is -2.14. The van der Waals surface area contributed by atoms with E-state index in [2.05, 4.69) is 4.72 Å². The first-order valence-corrected chi connectivity index (χ1v) is 12.6. The van der Waals surface area contributed by atoms with Crippen LogP contribution in [0.1, 0.15) is 22.8 Å². The number of halogens is 4. The minimum atomic E-state index is -4.62. The summed E-state index contributed by atoms with van der Waals surface area (Å²) in [6.07, 6.45) is -4.62. The van der Waals surface area contributed by atoms with Crippen LogP contribution in [0.2, 0.25) is 5.02 Å². The van der Waals surface area contributed by atoms with Crippen molar-refractivity contribution in [3.8, 4) is 11.5 Å². The number of nitro groups is 1. The van der Waals surface area contributed by atoms with Crippen molar-refractivity contribution in [1.29, 1.82) is 0 Å². The van der Waals surface area contributed by atoms with E-state index in [4.69, 9.17) is 16.3 Å². The van der Waals surface area contributed by atoms with E-state index in [0.29, 0.717) is 17.8 Å². The molecular formula is C22H16ClF3N2O6S2. The van der Waals surface area contributed by atoms with Crippen molar-refractivity contribution in [2.24, 2.45) is 0 Å². The van der Waals surface area contributed by atoms with Crippen LogP contribution >= 0.6 is 23.4 Å². The molecule has 1 unspecified atom stereocenters. The molecule has 0 bridgehead atoms. The number of sulfonamides is 1. The van der Waals surface area contributed by atoms with E-state index >= 15 is 0 Å². The molecule has 0 saturated heterocycles. The van der Waals surface area contributed by atoms with Crippen molar-refractivity contribution in [2.45, 2.75) is 23.4 Å². The molecule has 190 valence electrons. The molecular weight excluding hydrogens is 545 g/mol. The predicted octanol–water partition coefficient (Wildman–Crippen LogP) is 6.26. The molecule has 14 heteroatoms. The first kappa shape index (κ1) is 27.5. The fraction of sp³-hybridized carbons (Fsp3) is 0.136. The van der Waals surface area contributed by atoms with Gasteiger partial charge in [0.25, 0.3) is 5.69 Å². The standard InChI is InChI=1S/C22H16ClF3N2O6S2/c1-13(27-36(32,33)16-5-3-2-4-6-16)35-21(29)17-12-15(8-9-19(17)28(30)31)34-20-10-7-14(11-18(20)23)22(24,25)26/h2-13,27H,1H3. The molecule has 0 heterocycles. The van der Waals surface area contributed by atoms with Gasteiger partial charge in [0.1, 0.15) is 17.1 Å². The number of nitrogens with one attached hydrogen (secondary N) is 1. The van der Waals surface area contributed by atoms with E-state index in [1.54, 1.807) is 6.07 Å². The molecule has 0 aliphatic rings. The lowest BCUT2D eigenvalue weighted by Crippen LogP contribution is -2.31. The van der Waals surface area contributed by atoms with Crippen molar-refractivity contribution in [2.75, 3.05) is 0 Å². The number of hydrogen-bond acceptors (Lipinski definition) is 7. The van der Waals surface area contributed by atoms with Crippen LogP contribution < -0.4 is 9.46 Å². The molecule has 3 aromatic carbocycles. The second kappa shape index (κ2) is 10.9. The lowest BCUT2D eigenvalue weighted by atomic mass is 10.2. The summed E-state index contributed by atoms with van der Waals surface area (Å²) < 4.78 is 71.2. The van der Waals surface area contributed by atoms with E-state index < -0.39 is 48.4 Å². The summed E-state index contributed by atoms with van der Waals surface area (Å²) in [6.45, 7) is 1.39. The largest absolute Gasteiger partial charge is 0.456 e. The van der Waals surface area contributed by atoms with Crippen LogP contribution in [0.3, 0.4) is 0 Å². The Balaban J connectivity index is 1.82. The SMILES string of the molecule is CC(NS(=O)(=O)c1ccccc1)SC(=O)c1cc(Oc2ccc(C(F)(F)F)cc2Cl)ccc1[N+](=O)[O-]. The topological polar surface area (TPSA) is 116 Å². The summed E-state index contributed by atoms with van der Waals surface area (Å²) in [4.78, 5) is 23.5. The van der Waals surface area contributed by atoms with E-state index in [1.807, 2.05) is 0 Å². The number of thioether (sulfide) groups is 1. The average Bonchev–Trinajstić information content (AvgIpc) is 2.79. The van der Waals surface area contributed by atoms with Gasteiger partial charge in [-0.1, -0.05) is 41.6 Å². The predicted molar refractivity (Wildman–Crippen MR) is 128 cm³/mol. The number of alkyl halides is 3. The van der Waals surface area contributed by atoms with Gasteiger partial charge in [-0.15, -0.1) is 0 Å². The molecule has 0 radical (unpaired) electrons. The molecule has 8 nitrogen and oxygen atoms in total. The van der Waals surface area contributed by atoms with Gasteiger partial charge in [0.15, 0.2) is 0 Å². The molecule has 0 spiro atoms. The normalized spacial score (nSPS) is 12.7. The quantitative estimate of drug-likeness (QED) is 0.196. The lowest BCUT2D eigenvalue weighted by molar-refractivity contribution is -0.385. The van der Waals surface area contributed by atoms with Gasteiger partial charge >= 0.3 is 6.18 Å². The third-order valence-electron chi connectivity index (χ3n) is 4.53. The summed E-state index contributed by atoms with van der Waals surface area (Å²) in [6, 6.07) is 12.9. The minimum absolute atomic E-state index is 0.0281. The Kier molecular flexibility index (Phi) is 8.29. The number of ether oxygens (including phenoxy) is 1. The van der Waals surface area contributed by atoms with Gasteiger partial charge in [0, 0.05) is 6.07 Å². The molecule has 0 aliphatic carbocycles. The fourth-order valence-electron chi connectivity index (χ4n) is 2.92.